The number of anilines is 1. The van der Waals surface area contributed by atoms with Crippen LogP contribution in [0, 0.1) is 5.92 Å². The van der Waals surface area contributed by atoms with Crippen molar-refractivity contribution in [1.29, 1.82) is 0 Å². The van der Waals surface area contributed by atoms with Crippen LogP contribution in [0.5, 0.6) is 0 Å². The Morgan fingerprint density at radius 3 is 2.29 bits per heavy atom. The number of carbonyl (C=O) groups is 2. The van der Waals surface area contributed by atoms with E-state index in [1.54, 1.807) is 0 Å². The summed E-state index contributed by atoms with van der Waals surface area (Å²) in [6.07, 6.45) is 5.25. The fourth-order valence-corrected chi connectivity index (χ4v) is 4.35. The second-order valence-electron chi connectivity index (χ2n) is 9.28. The third-order valence-corrected chi connectivity index (χ3v) is 5.98. The minimum atomic E-state index is -0.0168. The fourth-order valence-electron chi connectivity index (χ4n) is 4.35. The summed E-state index contributed by atoms with van der Waals surface area (Å²) in [5.74, 6) is 0.499. The molecule has 5 heteroatoms. The maximum Gasteiger partial charge on any atom is 0.238 e. The number of amides is 2. The number of nitrogens with zero attached hydrogens (tertiary/aromatic N) is 2. The minimum absolute atomic E-state index is 0.0168. The lowest BCUT2D eigenvalue weighted by atomic mass is 9.86. The lowest BCUT2D eigenvalue weighted by Crippen LogP contribution is -2.45. The Labute approximate surface area is 169 Å². The van der Waals surface area contributed by atoms with E-state index < -0.39 is 0 Å². The zero-order valence-corrected chi connectivity index (χ0v) is 17.7. The van der Waals surface area contributed by atoms with E-state index in [1.807, 2.05) is 18.2 Å². The van der Waals surface area contributed by atoms with Gasteiger partial charge in [0.2, 0.25) is 11.8 Å². The molecule has 0 bridgehead atoms. The van der Waals surface area contributed by atoms with Crippen molar-refractivity contribution in [2.45, 2.75) is 58.3 Å². The van der Waals surface area contributed by atoms with Crippen LogP contribution < -0.4 is 5.32 Å². The largest absolute Gasteiger partial charge is 0.342 e. The summed E-state index contributed by atoms with van der Waals surface area (Å²) in [7, 11) is 0. The van der Waals surface area contributed by atoms with Crippen molar-refractivity contribution in [2.75, 3.05) is 38.0 Å². The van der Waals surface area contributed by atoms with Gasteiger partial charge in [0.25, 0.3) is 0 Å². The molecule has 5 nitrogen and oxygen atoms in total. The first-order valence-electron chi connectivity index (χ1n) is 10.7. The van der Waals surface area contributed by atoms with E-state index in [-0.39, 0.29) is 17.2 Å². The quantitative estimate of drug-likeness (QED) is 0.861. The Bertz CT molecular complexity index is 681. The van der Waals surface area contributed by atoms with Crippen LogP contribution in [0.4, 0.5) is 5.69 Å². The van der Waals surface area contributed by atoms with E-state index in [0.717, 1.165) is 63.1 Å². The molecule has 0 unspecified atom stereocenters. The van der Waals surface area contributed by atoms with Crippen LogP contribution in [-0.2, 0) is 15.0 Å². The number of nitrogens with one attached hydrogen (secondary N) is 1. The number of para-hydroxylation sites is 1. The number of hydrogen-bond donors (Lipinski definition) is 1. The highest BCUT2D eigenvalue weighted by molar-refractivity contribution is 5.93. The minimum Gasteiger partial charge on any atom is -0.342 e. The van der Waals surface area contributed by atoms with Crippen LogP contribution in [-0.4, -0.2) is 54.3 Å². The van der Waals surface area contributed by atoms with Crippen LogP contribution in [0.25, 0.3) is 0 Å². The highest BCUT2D eigenvalue weighted by Crippen LogP contribution is 2.29. The summed E-state index contributed by atoms with van der Waals surface area (Å²) in [5.41, 5.74) is 2.03. The molecule has 2 aliphatic heterocycles. The summed E-state index contributed by atoms with van der Waals surface area (Å²) in [6, 6.07) is 8.03. The predicted molar refractivity (Wildman–Crippen MR) is 113 cm³/mol. The summed E-state index contributed by atoms with van der Waals surface area (Å²) in [6.45, 7) is 10.3. The third-order valence-electron chi connectivity index (χ3n) is 5.98. The number of likely N-dealkylation sites (tertiary alicyclic amines) is 2. The Morgan fingerprint density at radius 2 is 1.64 bits per heavy atom. The molecule has 1 N–H and O–H groups in total. The van der Waals surface area contributed by atoms with Gasteiger partial charge in [0.15, 0.2) is 0 Å². The van der Waals surface area contributed by atoms with Gasteiger partial charge in [-0.15, -0.1) is 0 Å². The highest BCUT2D eigenvalue weighted by Gasteiger charge is 2.30. The van der Waals surface area contributed by atoms with Gasteiger partial charge in [-0.25, -0.2) is 0 Å². The van der Waals surface area contributed by atoms with E-state index >= 15 is 0 Å². The first-order chi connectivity index (χ1) is 13.3. The Hall–Kier alpha value is -1.88. The first kappa shape index (κ1) is 20.8. The van der Waals surface area contributed by atoms with E-state index in [4.69, 9.17) is 0 Å². The average molecular weight is 386 g/mol. The molecular formula is C23H35N3O2. The third kappa shape index (κ3) is 5.34. The van der Waals surface area contributed by atoms with Crippen LogP contribution in [0.1, 0.15) is 58.4 Å². The average Bonchev–Trinajstić information content (AvgIpc) is 2.68. The summed E-state index contributed by atoms with van der Waals surface area (Å²) in [5, 5.41) is 3.09. The number of benzene rings is 1. The Kier molecular flexibility index (Phi) is 6.76. The van der Waals surface area contributed by atoms with Crippen molar-refractivity contribution >= 4 is 17.5 Å². The molecule has 2 aliphatic rings. The van der Waals surface area contributed by atoms with Crippen molar-refractivity contribution in [3.8, 4) is 0 Å². The van der Waals surface area contributed by atoms with E-state index in [9.17, 15) is 9.59 Å². The van der Waals surface area contributed by atoms with Gasteiger partial charge in [-0.2, -0.15) is 0 Å². The Morgan fingerprint density at radius 1 is 1.00 bits per heavy atom. The zero-order chi connectivity index (χ0) is 20.1. The molecule has 0 radical (unpaired) electrons. The maximum absolute atomic E-state index is 12.7. The SMILES string of the molecule is CC(C)(C)c1ccccc1NC(=O)CN1CCC(C(=O)N2CCCCC2)CC1. The van der Waals surface area contributed by atoms with Gasteiger partial charge in [0, 0.05) is 24.7 Å². The molecule has 154 valence electrons. The van der Waals surface area contributed by atoms with Crippen molar-refractivity contribution in [2.24, 2.45) is 5.92 Å². The van der Waals surface area contributed by atoms with Crippen LogP contribution >= 0.6 is 0 Å². The van der Waals surface area contributed by atoms with E-state index in [1.165, 1.54) is 6.42 Å². The van der Waals surface area contributed by atoms with Gasteiger partial charge in [-0.05, 0) is 62.2 Å². The molecule has 0 aliphatic carbocycles. The Balaban J connectivity index is 1.48. The molecule has 0 aromatic heterocycles. The predicted octanol–water partition coefficient (Wildman–Crippen LogP) is 3.65. The maximum atomic E-state index is 12.7. The number of hydrogen-bond acceptors (Lipinski definition) is 3. The first-order valence-corrected chi connectivity index (χ1v) is 10.7. The van der Waals surface area contributed by atoms with Gasteiger partial charge >= 0.3 is 0 Å². The van der Waals surface area contributed by atoms with Crippen LogP contribution in [0.3, 0.4) is 0 Å². The van der Waals surface area contributed by atoms with Crippen LogP contribution in [0.2, 0.25) is 0 Å². The molecule has 2 amide bonds. The molecule has 1 aromatic carbocycles. The number of carbonyl (C=O) groups excluding carboxylic acids is 2. The highest BCUT2D eigenvalue weighted by atomic mass is 16.2. The summed E-state index contributed by atoms with van der Waals surface area (Å²) < 4.78 is 0. The smallest absolute Gasteiger partial charge is 0.238 e. The molecule has 0 saturated carbocycles. The van der Waals surface area contributed by atoms with E-state index in [0.29, 0.717) is 12.5 Å². The van der Waals surface area contributed by atoms with Crippen LogP contribution in [0.15, 0.2) is 24.3 Å². The topological polar surface area (TPSA) is 52.7 Å². The fraction of sp³-hybridized carbons (Fsp3) is 0.652. The number of rotatable bonds is 4. The summed E-state index contributed by atoms with van der Waals surface area (Å²) in [4.78, 5) is 29.5. The molecule has 0 atom stereocenters. The van der Waals surface area contributed by atoms with Gasteiger partial charge in [-0.3, -0.25) is 14.5 Å². The molecule has 28 heavy (non-hydrogen) atoms. The lowest BCUT2D eigenvalue weighted by molar-refractivity contribution is -0.138. The lowest BCUT2D eigenvalue weighted by Gasteiger charge is -2.35. The number of piperidine rings is 2. The van der Waals surface area contributed by atoms with Crippen molar-refractivity contribution in [1.82, 2.24) is 9.80 Å². The monoisotopic (exact) mass is 385 g/mol. The van der Waals surface area contributed by atoms with Crippen molar-refractivity contribution in [3.05, 3.63) is 29.8 Å². The van der Waals surface area contributed by atoms with Gasteiger partial charge in [-0.1, -0.05) is 39.0 Å². The normalized spacial score (nSPS) is 19.5. The molecule has 2 saturated heterocycles. The van der Waals surface area contributed by atoms with Gasteiger partial charge in [0.1, 0.15) is 0 Å². The molecule has 2 heterocycles. The molecular weight excluding hydrogens is 350 g/mol. The van der Waals surface area contributed by atoms with Gasteiger partial charge in [0.05, 0.1) is 6.54 Å². The van der Waals surface area contributed by atoms with Crippen molar-refractivity contribution < 1.29 is 9.59 Å². The summed E-state index contributed by atoms with van der Waals surface area (Å²) >= 11 is 0. The second-order valence-corrected chi connectivity index (χ2v) is 9.28. The molecule has 1 aromatic rings. The van der Waals surface area contributed by atoms with E-state index in [2.05, 4.69) is 42.0 Å². The molecule has 0 spiro atoms. The van der Waals surface area contributed by atoms with Crippen molar-refractivity contribution in [3.63, 3.8) is 0 Å². The van der Waals surface area contributed by atoms with Gasteiger partial charge < -0.3 is 10.2 Å². The zero-order valence-electron chi connectivity index (χ0n) is 17.7. The second kappa shape index (κ2) is 9.08. The molecule has 3 rings (SSSR count). The standard InChI is InChI=1S/C23H35N3O2/c1-23(2,3)19-9-5-6-10-20(19)24-21(27)17-25-15-11-18(12-16-25)22(28)26-13-7-4-8-14-26/h5-6,9-10,18H,4,7-8,11-17H2,1-3H3,(H,24,27). The molecule has 2 fully saturated rings.